The molecule has 0 aliphatic carbocycles. The Balaban J connectivity index is 2.03. The highest BCUT2D eigenvalue weighted by Gasteiger charge is 2.07. The van der Waals surface area contributed by atoms with Crippen molar-refractivity contribution in [2.45, 2.75) is 6.42 Å². The van der Waals surface area contributed by atoms with Crippen molar-refractivity contribution in [1.82, 2.24) is 0 Å². The number of carbonyl (C=O) groups excluding carboxylic acids is 1. The van der Waals surface area contributed by atoms with Gasteiger partial charge in [-0.1, -0.05) is 23.7 Å². The fourth-order valence-electron chi connectivity index (χ4n) is 1.67. The molecule has 0 spiro atoms. The van der Waals surface area contributed by atoms with Crippen molar-refractivity contribution in [3.05, 3.63) is 62.2 Å². The van der Waals surface area contributed by atoms with Crippen LogP contribution in [0.1, 0.15) is 11.1 Å². The lowest BCUT2D eigenvalue weighted by Gasteiger charge is -2.08. The van der Waals surface area contributed by atoms with E-state index in [0.29, 0.717) is 10.6 Å². The summed E-state index contributed by atoms with van der Waals surface area (Å²) in [7, 11) is 0. The summed E-state index contributed by atoms with van der Waals surface area (Å²) in [6.07, 6.45) is 0.268. The maximum Gasteiger partial charge on any atom is 0.228 e. The van der Waals surface area contributed by atoms with E-state index < -0.39 is 0 Å². The number of benzene rings is 2. The predicted molar refractivity (Wildman–Crippen MR) is 87.7 cm³/mol. The quantitative estimate of drug-likeness (QED) is 0.798. The van der Waals surface area contributed by atoms with Crippen molar-refractivity contribution in [3.63, 3.8) is 0 Å². The van der Waals surface area contributed by atoms with E-state index in [1.165, 1.54) is 0 Å². The fourth-order valence-corrected chi connectivity index (χ4v) is 2.67. The highest BCUT2D eigenvalue weighted by atomic mass is 127. The lowest BCUT2D eigenvalue weighted by Crippen LogP contribution is -2.15. The number of halogens is 2. The van der Waals surface area contributed by atoms with Crippen molar-refractivity contribution in [1.29, 1.82) is 5.26 Å². The van der Waals surface area contributed by atoms with E-state index in [9.17, 15) is 4.79 Å². The number of rotatable bonds is 3. The minimum Gasteiger partial charge on any atom is -0.325 e. The first-order valence-electron chi connectivity index (χ1n) is 5.82. The lowest BCUT2D eigenvalue weighted by atomic mass is 10.1. The third-order valence-electron chi connectivity index (χ3n) is 2.65. The molecular formula is C15H10ClIN2O. The van der Waals surface area contributed by atoms with Gasteiger partial charge in [-0.3, -0.25) is 4.79 Å². The molecule has 0 fully saturated rings. The average Bonchev–Trinajstić information content (AvgIpc) is 2.43. The van der Waals surface area contributed by atoms with Gasteiger partial charge in [-0.05, 0) is 58.5 Å². The topological polar surface area (TPSA) is 52.9 Å². The second-order valence-electron chi connectivity index (χ2n) is 4.16. The number of hydrogen-bond acceptors (Lipinski definition) is 2. The smallest absolute Gasteiger partial charge is 0.228 e. The van der Waals surface area contributed by atoms with Gasteiger partial charge in [0, 0.05) is 8.59 Å². The van der Waals surface area contributed by atoms with Crippen LogP contribution in [0.3, 0.4) is 0 Å². The molecule has 0 saturated heterocycles. The van der Waals surface area contributed by atoms with Gasteiger partial charge in [-0.2, -0.15) is 5.26 Å². The van der Waals surface area contributed by atoms with Gasteiger partial charge in [0.2, 0.25) is 5.91 Å². The van der Waals surface area contributed by atoms with Crippen molar-refractivity contribution >= 4 is 45.8 Å². The molecule has 5 heteroatoms. The third-order valence-corrected chi connectivity index (χ3v) is 3.78. The molecule has 1 N–H and O–H groups in total. The number of amides is 1. The summed E-state index contributed by atoms with van der Waals surface area (Å²) in [5.41, 5.74) is 2.19. The van der Waals surface area contributed by atoms with Crippen LogP contribution in [0, 0.1) is 14.9 Å². The van der Waals surface area contributed by atoms with E-state index >= 15 is 0 Å². The standard InChI is InChI=1S/C15H10ClIN2O/c16-12-5-6-14(13(17)8-12)19-15(20)7-10-1-3-11(9-18)4-2-10/h1-6,8H,7H2,(H,19,20). The summed E-state index contributed by atoms with van der Waals surface area (Å²) in [4.78, 5) is 12.0. The van der Waals surface area contributed by atoms with E-state index in [-0.39, 0.29) is 12.3 Å². The van der Waals surface area contributed by atoms with Crippen molar-refractivity contribution < 1.29 is 4.79 Å². The van der Waals surface area contributed by atoms with Crippen LogP contribution in [0.5, 0.6) is 0 Å². The van der Waals surface area contributed by atoms with Crippen molar-refractivity contribution in [2.75, 3.05) is 5.32 Å². The highest BCUT2D eigenvalue weighted by Crippen LogP contribution is 2.22. The second kappa shape index (κ2) is 6.73. The Kier molecular flexibility index (Phi) is 4.99. The summed E-state index contributed by atoms with van der Waals surface area (Å²) in [6, 6.07) is 14.3. The average molecular weight is 397 g/mol. The van der Waals surface area contributed by atoms with Gasteiger partial charge >= 0.3 is 0 Å². The first kappa shape index (κ1) is 14.8. The number of nitrogens with one attached hydrogen (secondary N) is 1. The number of nitrogens with zero attached hydrogens (tertiary/aromatic N) is 1. The van der Waals surface area contributed by atoms with E-state index in [0.717, 1.165) is 14.8 Å². The molecule has 0 unspecified atom stereocenters. The molecule has 0 aliphatic heterocycles. The Hall–Kier alpha value is -1.58. The molecule has 20 heavy (non-hydrogen) atoms. The molecule has 1 amide bonds. The molecule has 0 atom stereocenters. The van der Waals surface area contributed by atoms with Gasteiger partial charge in [0.1, 0.15) is 0 Å². The minimum absolute atomic E-state index is 0.102. The fraction of sp³-hybridized carbons (Fsp3) is 0.0667. The Morgan fingerprint density at radius 2 is 1.95 bits per heavy atom. The zero-order valence-electron chi connectivity index (χ0n) is 10.4. The summed E-state index contributed by atoms with van der Waals surface area (Å²) in [6.45, 7) is 0. The van der Waals surface area contributed by atoms with Gasteiger partial charge in [0.05, 0.1) is 23.7 Å². The molecule has 0 aromatic heterocycles. The monoisotopic (exact) mass is 396 g/mol. The van der Waals surface area contributed by atoms with Crippen molar-refractivity contribution in [3.8, 4) is 6.07 Å². The highest BCUT2D eigenvalue weighted by molar-refractivity contribution is 14.1. The Labute approximate surface area is 135 Å². The SMILES string of the molecule is N#Cc1ccc(CC(=O)Nc2ccc(Cl)cc2I)cc1. The van der Waals surface area contributed by atoms with E-state index in [1.807, 2.05) is 6.07 Å². The molecule has 0 aliphatic rings. The maximum absolute atomic E-state index is 12.0. The van der Waals surface area contributed by atoms with Gasteiger partial charge in [0.15, 0.2) is 0 Å². The molecule has 100 valence electrons. The van der Waals surface area contributed by atoms with Crippen LogP contribution < -0.4 is 5.32 Å². The molecule has 0 bridgehead atoms. The molecule has 2 aromatic rings. The minimum atomic E-state index is -0.102. The number of nitriles is 1. The molecule has 0 radical (unpaired) electrons. The summed E-state index contributed by atoms with van der Waals surface area (Å²) >= 11 is 7.99. The number of carbonyl (C=O) groups is 1. The van der Waals surface area contributed by atoms with Crippen molar-refractivity contribution in [2.24, 2.45) is 0 Å². The summed E-state index contributed by atoms with van der Waals surface area (Å²) < 4.78 is 0.892. The zero-order valence-corrected chi connectivity index (χ0v) is 13.3. The van der Waals surface area contributed by atoms with Crippen LogP contribution in [0.15, 0.2) is 42.5 Å². The first-order chi connectivity index (χ1) is 9.58. The summed E-state index contributed by atoms with van der Waals surface area (Å²) in [5.74, 6) is -0.102. The Morgan fingerprint density at radius 1 is 1.25 bits per heavy atom. The molecular weight excluding hydrogens is 387 g/mol. The third kappa shape index (κ3) is 3.95. The van der Waals surface area contributed by atoms with Crippen LogP contribution in [0.4, 0.5) is 5.69 Å². The second-order valence-corrected chi connectivity index (χ2v) is 5.76. The molecule has 0 saturated carbocycles. The predicted octanol–water partition coefficient (Wildman–Crippen LogP) is 4.00. The Bertz CT molecular complexity index is 677. The van der Waals surface area contributed by atoms with Gasteiger partial charge in [-0.15, -0.1) is 0 Å². The van der Waals surface area contributed by atoms with Crippen LogP contribution in [0.2, 0.25) is 5.02 Å². The first-order valence-corrected chi connectivity index (χ1v) is 7.28. The zero-order chi connectivity index (χ0) is 14.5. The van der Waals surface area contributed by atoms with Crippen LogP contribution >= 0.6 is 34.2 Å². The van der Waals surface area contributed by atoms with E-state index in [2.05, 4.69) is 27.9 Å². The normalized spacial score (nSPS) is 9.85. The van der Waals surface area contributed by atoms with Gasteiger partial charge < -0.3 is 5.32 Å². The van der Waals surface area contributed by atoms with Crippen LogP contribution in [0.25, 0.3) is 0 Å². The molecule has 0 heterocycles. The number of hydrogen-bond donors (Lipinski definition) is 1. The number of anilines is 1. The van der Waals surface area contributed by atoms with Crippen LogP contribution in [-0.4, -0.2) is 5.91 Å². The van der Waals surface area contributed by atoms with Gasteiger partial charge in [0.25, 0.3) is 0 Å². The van der Waals surface area contributed by atoms with E-state index in [4.69, 9.17) is 16.9 Å². The van der Waals surface area contributed by atoms with Crippen LogP contribution in [-0.2, 0) is 11.2 Å². The molecule has 2 aromatic carbocycles. The van der Waals surface area contributed by atoms with E-state index in [1.54, 1.807) is 42.5 Å². The molecule has 2 rings (SSSR count). The largest absolute Gasteiger partial charge is 0.325 e. The summed E-state index contributed by atoms with van der Waals surface area (Å²) in [5, 5.41) is 12.2. The Morgan fingerprint density at radius 3 is 2.55 bits per heavy atom. The molecule has 3 nitrogen and oxygen atoms in total. The van der Waals surface area contributed by atoms with Gasteiger partial charge in [-0.25, -0.2) is 0 Å². The maximum atomic E-state index is 12.0. The lowest BCUT2D eigenvalue weighted by molar-refractivity contribution is -0.115.